The minimum absolute atomic E-state index is 0.193. The van der Waals surface area contributed by atoms with Gasteiger partial charge in [-0.05, 0) is 37.0 Å². The van der Waals surface area contributed by atoms with Crippen LogP contribution >= 0.6 is 0 Å². The number of amides is 4. The summed E-state index contributed by atoms with van der Waals surface area (Å²) in [6.07, 6.45) is -0.125. The second-order valence-corrected chi connectivity index (χ2v) is 7.26. The van der Waals surface area contributed by atoms with Crippen molar-refractivity contribution < 1.29 is 27.6 Å². The summed E-state index contributed by atoms with van der Waals surface area (Å²) in [6, 6.07) is 4.16. The first-order chi connectivity index (χ1) is 13.2. The van der Waals surface area contributed by atoms with Crippen molar-refractivity contribution in [2.24, 2.45) is 0 Å². The Balaban J connectivity index is 1.48. The number of hydrogen-bond donors (Lipinski definition) is 2. The van der Waals surface area contributed by atoms with E-state index >= 15 is 0 Å². The second-order valence-electron chi connectivity index (χ2n) is 7.26. The summed E-state index contributed by atoms with van der Waals surface area (Å²) in [5, 5.41) is 5.34. The highest BCUT2D eigenvalue weighted by molar-refractivity contribution is 6.09. The molecule has 1 saturated carbocycles. The van der Waals surface area contributed by atoms with Crippen molar-refractivity contribution >= 4 is 17.8 Å². The molecule has 0 aromatic heterocycles. The minimum atomic E-state index is -4.38. The molecule has 6 nitrogen and oxygen atoms in total. The topological polar surface area (TPSA) is 78.5 Å². The molecule has 0 bridgehead atoms. The highest BCUT2D eigenvalue weighted by atomic mass is 19.4. The molecule has 1 aliphatic heterocycles. The van der Waals surface area contributed by atoms with E-state index in [9.17, 15) is 27.6 Å². The molecule has 0 unspecified atom stereocenters. The van der Waals surface area contributed by atoms with E-state index in [1.807, 2.05) is 0 Å². The van der Waals surface area contributed by atoms with Gasteiger partial charge in [0.25, 0.3) is 5.91 Å². The van der Waals surface area contributed by atoms with Crippen LogP contribution in [0.1, 0.15) is 43.2 Å². The van der Waals surface area contributed by atoms with Gasteiger partial charge in [0.15, 0.2) is 0 Å². The normalized spacial score (nSPS) is 19.0. The Morgan fingerprint density at radius 2 is 1.75 bits per heavy atom. The lowest BCUT2D eigenvalue weighted by atomic mass is 9.82. The van der Waals surface area contributed by atoms with Crippen molar-refractivity contribution in [3.05, 3.63) is 35.4 Å². The first-order valence-corrected chi connectivity index (χ1v) is 9.28. The van der Waals surface area contributed by atoms with Gasteiger partial charge in [0.05, 0.1) is 5.56 Å². The average molecular weight is 397 g/mol. The number of benzene rings is 1. The predicted molar refractivity (Wildman–Crippen MR) is 94.2 cm³/mol. The van der Waals surface area contributed by atoms with Gasteiger partial charge >= 0.3 is 12.2 Å². The fourth-order valence-corrected chi connectivity index (χ4v) is 3.72. The van der Waals surface area contributed by atoms with Crippen LogP contribution < -0.4 is 10.6 Å². The summed E-state index contributed by atoms with van der Waals surface area (Å²) >= 11 is 0. The summed E-state index contributed by atoms with van der Waals surface area (Å²) in [4.78, 5) is 37.8. The molecule has 28 heavy (non-hydrogen) atoms. The van der Waals surface area contributed by atoms with Crippen LogP contribution in [0.25, 0.3) is 0 Å². The largest absolute Gasteiger partial charge is 0.416 e. The molecule has 1 aliphatic carbocycles. The lowest BCUT2D eigenvalue weighted by Crippen LogP contribution is -2.49. The molecule has 4 amide bonds. The third-order valence-electron chi connectivity index (χ3n) is 5.27. The first-order valence-electron chi connectivity index (χ1n) is 9.28. The van der Waals surface area contributed by atoms with Crippen LogP contribution in [-0.2, 0) is 22.2 Å². The van der Waals surface area contributed by atoms with Crippen molar-refractivity contribution in [3.8, 4) is 0 Å². The first kappa shape index (κ1) is 20.2. The number of carbonyl (C=O) groups excluding carboxylic acids is 3. The Morgan fingerprint density at radius 3 is 2.36 bits per heavy atom. The molecular weight excluding hydrogens is 375 g/mol. The number of alkyl halides is 3. The van der Waals surface area contributed by atoms with Crippen molar-refractivity contribution in [3.63, 3.8) is 0 Å². The molecule has 1 heterocycles. The number of carbonyl (C=O) groups is 3. The van der Waals surface area contributed by atoms with E-state index in [1.165, 1.54) is 12.1 Å². The fraction of sp³-hybridized carbons (Fsp3) is 0.526. The summed E-state index contributed by atoms with van der Waals surface area (Å²) in [5.74, 6) is -0.835. The summed E-state index contributed by atoms with van der Waals surface area (Å²) in [6.45, 7) is -0.168. The zero-order valence-electron chi connectivity index (χ0n) is 15.3. The summed E-state index contributed by atoms with van der Waals surface area (Å²) < 4.78 is 37.6. The molecule has 0 atom stereocenters. The van der Waals surface area contributed by atoms with Crippen molar-refractivity contribution in [2.45, 2.75) is 50.2 Å². The van der Waals surface area contributed by atoms with E-state index < -0.39 is 29.2 Å². The Bertz CT molecular complexity index is 756. The molecule has 2 N–H and O–H groups in total. The van der Waals surface area contributed by atoms with Crippen LogP contribution in [0, 0.1) is 0 Å². The number of hydrogen-bond acceptors (Lipinski definition) is 3. The van der Waals surface area contributed by atoms with Crippen LogP contribution in [-0.4, -0.2) is 41.4 Å². The van der Waals surface area contributed by atoms with Crippen molar-refractivity contribution in [2.75, 3.05) is 13.1 Å². The quantitative estimate of drug-likeness (QED) is 0.750. The van der Waals surface area contributed by atoms with Crippen LogP contribution in [0.3, 0.4) is 0 Å². The monoisotopic (exact) mass is 397 g/mol. The van der Waals surface area contributed by atoms with E-state index in [0.29, 0.717) is 24.8 Å². The van der Waals surface area contributed by atoms with Crippen LogP contribution in [0.5, 0.6) is 0 Å². The summed E-state index contributed by atoms with van der Waals surface area (Å²) in [5.41, 5.74) is -0.949. The van der Waals surface area contributed by atoms with E-state index in [-0.39, 0.29) is 19.0 Å². The maximum absolute atomic E-state index is 12.6. The van der Waals surface area contributed by atoms with Crippen LogP contribution in [0.2, 0.25) is 0 Å². The van der Waals surface area contributed by atoms with E-state index in [1.54, 1.807) is 0 Å². The summed E-state index contributed by atoms with van der Waals surface area (Å²) in [7, 11) is 0. The molecule has 2 fully saturated rings. The van der Waals surface area contributed by atoms with Crippen molar-refractivity contribution in [1.29, 1.82) is 0 Å². The smallest absolute Gasteiger partial charge is 0.354 e. The molecule has 0 radical (unpaired) electrons. The zero-order chi connectivity index (χ0) is 20.4. The second kappa shape index (κ2) is 7.81. The van der Waals surface area contributed by atoms with Crippen molar-refractivity contribution in [1.82, 2.24) is 15.5 Å². The van der Waals surface area contributed by atoms with E-state index in [4.69, 9.17) is 0 Å². The van der Waals surface area contributed by atoms with Gasteiger partial charge in [-0.2, -0.15) is 13.2 Å². The predicted octanol–water partition coefficient (Wildman–Crippen LogP) is 2.62. The molecule has 9 heteroatoms. The molecule has 1 aromatic carbocycles. The maximum Gasteiger partial charge on any atom is 0.416 e. The van der Waals surface area contributed by atoms with Gasteiger partial charge in [-0.15, -0.1) is 0 Å². The number of rotatable bonds is 5. The third-order valence-corrected chi connectivity index (χ3v) is 5.27. The molecule has 3 rings (SSSR count). The highest BCUT2D eigenvalue weighted by Gasteiger charge is 2.51. The van der Waals surface area contributed by atoms with Gasteiger partial charge in [-0.25, -0.2) is 4.79 Å². The average Bonchev–Trinajstić information content (AvgIpc) is 2.86. The van der Waals surface area contributed by atoms with Gasteiger partial charge in [-0.1, -0.05) is 31.4 Å². The van der Waals surface area contributed by atoms with Gasteiger partial charge in [-0.3, -0.25) is 14.5 Å². The fourth-order valence-electron chi connectivity index (χ4n) is 3.72. The van der Waals surface area contributed by atoms with E-state index in [0.717, 1.165) is 36.3 Å². The molecule has 1 spiro atoms. The van der Waals surface area contributed by atoms with Crippen LogP contribution in [0.4, 0.5) is 18.0 Å². The lowest BCUT2D eigenvalue weighted by molar-refractivity contribution is -0.137. The standard InChI is InChI=1S/C19H22F3N3O3/c20-19(21,22)14-6-4-13(5-7-14)8-11-23-15(26)12-25-16(27)18(24-17(25)28)9-2-1-3-10-18/h4-7H,1-3,8-12H2,(H,23,26)(H,24,28). The Morgan fingerprint density at radius 1 is 1.11 bits per heavy atom. The molecule has 1 aromatic rings. The number of nitrogens with one attached hydrogen (secondary N) is 2. The highest BCUT2D eigenvalue weighted by Crippen LogP contribution is 2.33. The number of nitrogens with zero attached hydrogens (tertiary/aromatic N) is 1. The van der Waals surface area contributed by atoms with Crippen LogP contribution in [0.15, 0.2) is 24.3 Å². The van der Waals surface area contributed by atoms with Gasteiger partial charge < -0.3 is 10.6 Å². The SMILES string of the molecule is O=C(CN1C(=O)NC2(CCCCC2)C1=O)NCCc1ccc(C(F)(F)F)cc1. The van der Waals surface area contributed by atoms with Gasteiger partial charge in [0, 0.05) is 6.54 Å². The van der Waals surface area contributed by atoms with Gasteiger partial charge in [0.1, 0.15) is 12.1 Å². The number of imide groups is 1. The minimum Gasteiger partial charge on any atom is -0.354 e. The zero-order valence-corrected chi connectivity index (χ0v) is 15.3. The number of halogens is 3. The molecule has 152 valence electrons. The third kappa shape index (κ3) is 4.28. The Labute approximate surface area is 160 Å². The maximum atomic E-state index is 12.6. The molecule has 2 aliphatic rings. The molecular formula is C19H22F3N3O3. The van der Waals surface area contributed by atoms with Gasteiger partial charge in [0.2, 0.25) is 5.91 Å². The Kier molecular flexibility index (Phi) is 5.62. The van der Waals surface area contributed by atoms with E-state index in [2.05, 4.69) is 10.6 Å². The lowest BCUT2D eigenvalue weighted by Gasteiger charge is -2.30. The Hall–Kier alpha value is -2.58. The molecule has 1 saturated heterocycles. The number of urea groups is 1.